The third-order valence-corrected chi connectivity index (χ3v) is 9.26. The van der Waals surface area contributed by atoms with Gasteiger partial charge in [0.15, 0.2) is 6.61 Å². The number of H-pyrrole nitrogens is 1. The molecule has 0 spiro atoms. The van der Waals surface area contributed by atoms with Gasteiger partial charge >= 0.3 is 10.8 Å². The van der Waals surface area contributed by atoms with Crippen molar-refractivity contribution in [2.75, 3.05) is 18.5 Å². The molecular weight excluding hydrogens is 554 g/mol. The third-order valence-electron chi connectivity index (χ3n) is 6.86. The molecule has 3 amide bonds. The second kappa shape index (κ2) is 10.3. The zero-order valence-electron chi connectivity index (χ0n) is 20.7. The monoisotopic (exact) mass is 575 g/mol. The standard InChI is InChI=1S/C28H21N3O7S2/c32-19(29-18-10-4-6-14-5-1-2-9-17(14)18)13-38-16-8-3-7-15(11-16)21-22-24(39-25-23(21)40-28(37)30-25)27(36)31(26(22)35)12-20(33)34/h1-11,21-22,24H,12-13H2,(H,29,32)(H,30,37)(H,33,34)/t21-,22?,24?/m0/s1. The number of ether oxygens (including phenoxy) is 1. The number of amides is 3. The van der Waals surface area contributed by atoms with Gasteiger partial charge in [-0.15, -0.1) is 0 Å². The predicted octanol–water partition coefficient (Wildman–Crippen LogP) is 3.28. The number of hydrogen-bond acceptors (Lipinski definition) is 8. The van der Waals surface area contributed by atoms with Crippen LogP contribution in [-0.2, 0) is 19.2 Å². The van der Waals surface area contributed by atoms with Crippen LogP contribution in [0.4, 0.5) is 5.69 Å². The molecule has 1 aromatic heterocycles. The van der Waals surface area contributed by atoms with E-state index in [2.05, 4.69) is 10.3 Å². The van der Waals surface area contributed by atoms with Gasteiger partial charge < -0.3 is 20.1 Å². The van der Waals surface area contributed by atoms with Gasteiger partial charge in [-0.25, -0.2) is 0 Å². The topological polar surface area (TPSA) is 146 Å². The number of carboxylic acids is 1. The summed E-state index contributed by atoms with van der Waals surface area (Å²) >= 11 is 2.03. The predicted molar refractivity (Wildman–Crippen MR) is 149 cm³/mol. The Balaban J connectivity index is 1.25. The Bertz CT molecular complexity index is 1740. The number of carbonyl (C=O) groups excluding carboxylic acids is 3. The molecule has 3 atom stereocenters. The molecule has 3 heterocycles. The van der Waals surface area contributed by atoms with Gasteiger partial charge in [-0.05, 0) is 29.1 Å². The maximum Gasteiger partial charge on any atom is 0.323 e. The molecule has 4 aromatic rings. The van der Waals surface area contributed by atoms with Crippen molar-refractivity contribution < 1.29 is 29.0 Å². The average molecular weight is 576 g/mol. The van der Waals surface area contributed by atoms with Gasteiger partial charge in [0.2, 0.25) is 11.8 Å². The van der Waals surface area contributed by atoms with Crippen LogP contribution in [0.2, 0.25) is 0 Å². The van der Waals surface area contributed by atoms with E-state index < -0.39 is 41.4 Å². The lowest BCUT2D eigenvalue weighted by atomic mass is 9.83. The zero-order valence-corrected chi connectivity index (χ0v) is 22.3. The number of rotatable bonds is 7. The Labute approximate surface area is 235 Å². The number of aromatic amines is 1. The molecule has 3 aromatic carbocycles. The molecular formula is C28H21N3O7S2. The van der Waals surface area contributed by atoms with Crippen molar-refractivity contribution >= 4 is 63.2 Å². The molecule has 202 valence electrons. The first-order chi connectivity index (χ1) is 19.3. The molecule has 0 radical (unpaired) electrons. The van der Waals surface area contributed by atoms with Crippen LogP contribution in [0, 0.1) is 5.92 Å². The van der Waals surface area contributed by atoms with E-state index in [1.165, 1.54) is 0 Å². The van der Waals surface area contributed by atoms with E-state index in [0.29, 0.717) is 26.9 Å². The fourth-order valence-electron chi connectivity index (χ4n) is 5.19. The molecule has 12 heteroatoms. The van der Waals surface area contributed by atoms with Gasteiger partial charge in [-0.3, -0.25) is 28.9 Å². The summed E-state index contributed by atoms with van der Waals surface area (Å²) in [7, 11) is 0. The van der Waals surface area contributed by atoms with Gasteiger partial charge in [0.1, 0.15) is 17.5 Å². The lowest BCUT2D eigenvalue weighted by molar-refractivity contribution is -0.149. The maximum absolute atomic E-state index is 13.3. The normalized spacial score (nSPS) is 19.8. The number of benzene rings is 3. The Morgan fingerprint density at radius 2 is 1.77 bits per heavy atom. The van der Waals surface area contributed by atoms with Crippen LogP contribution < -0.4 is 14.9 Å². The summed E-state index contributed by atoms with van der Waals surface area (Å²) in [5.41, 5.74) is 1.27. The smallest absolute Gasteiger partial charge is 0.323 e. The van der Waals surface area contributed by atoms with Crippen LogP contribution in [0.25, 0.3) is 10.8 Å². The van der Waals surface area contributed by atoms with E-state index in [0.717, 1.165) is 38.8 Å². The Hall–Kier alpha value is -4.42. The third kappa shape index (κ3) is 4.65. The molecule has 0 bridgehead atoms. The summed E-state index contributed by atoms with van der Waals surface area (Å²) in [6, 6.07) is 20.1. The van der Waals surface area contributed by atoms with Crippen molar-refractivity contribution in [2.24, 2.45) is 5.92 Å². The lowest BCUT2D eigenvalue weighted by Gasteiger charge is -2.30. The van der Waals surface area contributed by atoms with E-state index in [4.69, 9.17) is 4.74 Å². The molecule has 0 saturated carbocycles. The molecule has 40 heavy (non-hydrogen) atoms. The average Bonchev–Trinajstić information content (AvgIpc) is 3.42. The molecule has 2 aliphatic heterocycles. The summed E-state index contributed by atoms with van der Waals surface area (Å²) in [6.45, 7) is -0.997. The Kier molecular flexibility index (Phi) is 6.64. The number of nitrogens with one attached hydrogen (secondary N) is 2. The number of aromatic nitrogens is 1. The minimum absolute atomic E-state index is 0.272. The minimum atomic E-state index is -1.29. The van der Waals surface area contributed by atoms with Gasteiger partial charge in [0.25, 0.3) is 5.91 Å². The fraction of sp³-hybridized carbons (Fsp3) is 0.179. The molecule has 0 aliphatic carbocycles. The highest BCUT2D eigenvalue weighted by Gasteiger charge is 2.56. The highest BCUT2D eigenvalue weighted by molar-refractivity contribution is 8.00. The summed E-state index contributed by atoms with van der Waals surface area (Å²) in [4.78, 5) is 66.4. The van der Waals surface area contributed by atoms with Crippen LogP contribution in [0.3, 0.4) is 0 Å². The number of thiazole rings is 1. The number of aliphatic carboxylic acids is 1. The van der Waals surface area contributed by atoms with Crippen LogP contribution in [0.5, 0.6) is 5.75 Å². The summed E-state index contributed by atoms with van der Waals surface area (Å²) in [5, 5.41) is 13.6. The summed E-state index contributed by atoms with van der Waals surface area (Å²) < 4.78 is 5.79. The molecule has 2 unspecified atom stereocenters. The highest BCUT2D eigenvalue weighted by Crippen LogP contribution is 2.52. The van der Waals surface area contributed by atoms with Gasteiger partial charge in [0, 0.05) is 21.9 Å². The van der Waals surface area contributed by atoms with Gasteiger partial charge in [-0.2, -0.15) is 0 Å². The number of carboxylic acid groups (broad SMARTS) is 1. The van der Waals surface area contributed by atoms with Crippen molar-refractivity contribution in [3.63, 3.8) is 0 Å². The fourth-order valence-corrected chi connectivity index (χ4v) is 7.73. The first kappa shape index (κ1) is 25.8. The van der Waals surface area contributed by atoms with E-state index in [1.807, 2.05) is 42.5 Å². The van der Waals surface area contributed by atoms with Crippen LogP contribution in [0.15, 0.2) is 76.6 Å². The number of hydrogen-bond donors (Lipinski definition) is 3. The number of thioether (sulfide) groups is 1. The van der Waals surface area contributed by atoms with Crippen LogP contribution >= 0.6 is 23.1 Å². The molecule has 10 nitrogen and oxygen atoms in total. The van der Waals surface area contributed by atoms with Crippen molar-refractivity contribution in [3.05, 3.63) is 86.8 Å². The number of imide groups is 1. The van der Waals surface area contributed by atoms with E-state index in [-0.39, 0.29) is 17.4 Å². The zero-order chi connectivity index (χ0) is 28.0. The quantitative estimate of drug-likeness (QED) is 0.285. The van der Waals surface area contributed by atoms with Gasteiger partial charge in [-0.1, -0.05) is 71.6 Å². The second-order valence-corrected chi connectivity index (χ2v) is 11.5. The van der Waals surface area contributed by atoms with E-state index in [9.17, 15) is 29.1 Å². The van der Waals surface area contributed by atoms with Crippen molar-refractivity contribution in [2.45, 2.75) is 16.2 Å². The number of carbonyl (C=O) groups is 4. The lowest BCUT2D eigenvalue weighted by Crippen LogP contribution is -2.36. The summed E-state index contributed by atoms with van der Waals surface area (Å²) in [6.07, 6.45) is 0. The van der Waals surface area contributed by atoms with E-state index >= 15 is 0 Å². The van der Waals surface area contributed by atoms with Crippen molar-refractivity contribution in [3.8, 4) is 5.75 Å². The molecule has 6 rings (SSSR count). The maximum atomic E-state index is 13.3. The van der Waals surface area contributed by atoms with Crippen LogP contribution in [-0.4, -0.2) is 57.1 Å². The first-order valence-electron chi connectivity index (χ1n) is 12.3. The van der Waals surface area contributed by atoms with Crippen LogP contribution in [0.1, 0.15) is 16.4 Å². The first-order valence-corrected chi connectivity index (χ1v) is 14.0. The van der Waals surface area contributed by atoms with Crippen molar-refractivity contribution in [1.29, 1.82) is 0 Å². The number of fused-ring (bicyclic) bond motifs is 3. The highest BCUT2D eigenvalue weighted by atomic mass is 32.2. The Morgan fingerprint density at radius 1 is 1.00 bits per heavy atom. The number of likely N-dealkylation sites (tertiary alicyclic amines) is 1. The van der Waals surface area contributed by atoms with E-state index in [1.54, 1.807) is 24.3 Å². The Morgan fingerprint density at radius 3 is 2.60 bits per heavy atom. The second-order valence-electron chi connectivity index (χ2n) is 9.34. The summed E-state index contributed by atoms with van der Waals surface area (Å²) in [5.74, 6) is -4.03. The number of nitrogens with zero attached hydrogens (tertiary/aromatic N) is 1. The number of anilines is 1. The molecule has 1 fully saturated rings. The SMILES string of the molecule is O=C(O)CN1C(=O)C2Sc3[nH]c(=O)sc3[C@@H](c3cccc(OCC(=O)Nc4cccc5ccccc45)c3)C2C1=O. The molecule has 1 saturated heterocycles. The minimum Gasteiger partial charge on any atom is -0.484 e. The molecule has 3 N–H and O–H groups in total. The van der Waals surface area contributed by atoms with Gasteiger partial charge in [0.05, 0.1) is 10.9 Å². The molecule has 2 aliphatic rings. The van der Waals surface area contributed by atoms with Crippen molar-refractivity contribution in [1.82, 2.24) is 9.88 Å². The largest absolute Gasteiger partial charge is 0.484 e.